The van der Waals surface area contributed by atoms with E-state index >= 15 is 0 Å². The smallest absolute Gasteiger partial charge is 0.228 e. The molecule has 0 unspecified atom stereocenters. The molecular formula is C25H32Cl2N4O3S. The summed E-state index contributed by atoms with van der Waals surface area (Å²) >= 11 is 12.6. The first-order chi connectivity index (χ1) is 16.6. The number of carbonyl (C=O) groups excluding carboxylic acids is 1. The number of halogens is 2. The molecule has 0 radical (unpaired) electrons. The minimum absolute atomic E-state index is 0.0391. The number of pyridine rings is 1. The Morgan fingerprint density at radius 3 is 2.51 bits per heavy atom. The monoisotopic (exact) mass is 538 g/mol. The molecule has 2 fully saturated rings. The second-order valence-corrected chi connectivity index (χ2v) is 12.5. The highest BCUT2D eigenvalue weighted by atomic mass is 35.5. The van der Waals surface area contributed by atoms with Crippen molar-refractivity contribution in [3.8, 4) is 0 Å². The first-order valence-corrected chi connectivity index (χ1v) is 14.5. The van der Waals surface area contributed by atoms with E-state index in [9.17, 15) is 13.2 Å². The van der Waals surface area contributed by atoms with Gasteiger partial charge in [0.15, 0.2) is 0 Å². The maximum absolute atomic E-state index is 12.9. The number of benzene rings is 1. The lowest BCUT2D eigenvalue weighted by atomic mass is 9.71. The molecule has 2 saturated heterocycles. The van der Waals surface area contributed by atoms with Crippen LogP contribution in [0.4, 0.5) is 5.82 Å². The summed E-state index contributed by atoms with van der Waals surface area (Å²) in [4.78, 5) is 21.5. The molecule has 190 valence electrons. The molecule has 35 heavy (non-hydrogen) atoms. The van der Waals surface area contributed by atoms with Gasteiger partial charge in [-0.05, 0) is 75.1 Å². The maximum Gasteiger partial charge on any atom is 0.228 e. The van der Waals surface area contributed by atoms with Gasteiger partial charge in [0.1, 0.15) is 5.82 Å². The molecule has 2 aliphatic rings. The van der Waals surface area contributed by atoms with E-state index in [1.807, 2.05) is 36.4 Å². The summed E-state index contributed by atoms with van der Waals surface area (Å²) in [5.74, 6) is 0.732. The quantitative estimate of drug-likeness (QED) is 0.528. The van der Waals surface area contributed by atoms with E-state index in [-0.39, 0.29) is 17.4 Å². The number of likely N-dealkylation sites (tertiary alicyclic amines) is 1. The van der Waals surface area contributed by atoms with Crippen molar-refractivity contribution >= 4 is 45.0 Å². The molecule has 3 heterocycles. The number of anilines is 1. The molecule has 4 rings (SSSR count). The minimum Gasteiger partial charge on any atom is -0.303 e. The van der Waals surface area contributed by atoms with Gasteiger partial charge in [0.05, 0.1) is 16.3 Å². The van der Waals surface area contributed by atoms with Gasteiger partial charge in [0.25, 0.3) is 0 Å². The Balaban J connectivity index is 1.53. The van der Waals surface area contributed by atoms with E-state index < -0.39 is 10.0 Å². The Morgan fingerprint density at radius 2 is 1.89 bits per heavy atom. The Hall–Kier alpha value is -1.71. The van der Waals surface area contributed by atoms with Crippen LogP contribution < -0.4 is 4.90 Å². The normalized spacial score (nSPS) is 22.7. The fourth-order valence-electron chi connectivity index (χ4n) is 5.23. The van der Waals surface area contributed by atoms with Crippen molar-refractivity contribution in [2.45, 2.75) is 43.6 Å². The predicted molar refractivity (Wildman–Crippen MR) is 141 cm³/mol. The van der Waals surface area contributed by atoms with Crippen molar-refractivity contribution in [3.63, 3.8) is 0 Å². The second-order valence-electron chi connectivity index (χ2n) is 9.68. The van der Waals surface area contributed by atoms with Gasteiger partial charge in [-0.3, -0.25) is 9.69 Å². The van der Waals surface area contributed by atoms with Crippen molar-refractivity contribution in [1.29, 1.82) is 0 Å². The summed E-state index contributed by atoms with van der Waals surface area (Å²) in [5.41, 5.74) is 0.784. The maximum atomic E-state index is 12.9. The zero-order chi connectivity index (χ0) is 25.2. The molecule has 1 amide bonds. The minimum atomic E-state index is -3.19. The Labute approximate surface area is 218 Å². The summed E-state index contributed by atoms with van der Waals surface area (Å²) < 4.78 is 25.3. The molecular weight excluding hydrogens is 507 g/mol. The third-order valence-electron chi connectivity index (χ3n) is 7.54. The van der Waals surface area contributed by atoms with Crippen LogP contribution in [-0.2, 0) is 20.2 Å². The van der Waals surface area contributed by atoms with Gasteiger partial charge in [0, 0.05) is 37.7 Å². The topological polar surface area (TPSA) is 73.8 Å². The summed E-state index contributed by atoms with van der Waals surface area (Å²) in [5, 5.41) is 1.02. The molecule has 1 aromatic carbocycles. The van der Waals surface area contributed by atoms with Crippen LogP contribution in [0.15, 0.2) is 42.6 Å². The van der Waals surface area contributed by atoms with Crippen LogP contribution in [0.1, 0.15) is 37.7 Å². The average Bonchev–Trinajstić information content (AvgIpc) is 2.85. The molecule has 0 saturated carbocycles. The molecule has 0 bridgehead atoms. The van der Waals surface area contributed by atoms with Gasteiger partial charge < -0.3 is 4.90 Å². The standard InChI is InChI=1S/C25H32Cl2N4O3S/c1-29(35(2,33)34)20-9-14-30(15-10-20)16-12-25(19-6-7-21(26)22(27)17-19)11-8-24(32)31(18-25)23-5-3-4-13-28-23/h3-7,13,17,20H,8-12,14-16,18H2,1-2H3/t25-/m1/s1. The molecule has 7 nitrogen and oxygen atoms in total. The number of carbonyl (C=O) groups is 1. The molecule has 2 aliphatic heterocycles. The van der Waals surface area contributed by atoms with Gasteiger partial charge in [-0.2, -0.15) is 0 Å². The van der Waals surface area contributed by atoms with Crippen LogP contribution in [0.25, 0.3) is 0 Å². The van der Waals surface area contributed by atoms with Crippen molar-refractivity contribution in [2.75, 3.05) is 44.4 Å². The van der Waals surface area contributed by atoms with Crippen LogP contribution in [-0.4, -0.2) is 74.0 Å². The van der Waals surface area contributed by atoms with Crippen molar-refractivity contribution in [3.05, 3.63) is 58.2 Å². The molecule has 1 aromatic heterocycles. The molecule has 0 aliphatic carbocycles. The summed E-state index contributed by atoms with van der Waals surface area (Å²) in [6.45, 7) is 3.05. The van der Waals surface area contributed by atoms with E-state index in [1.165, 1.54) is 10.6 Å². The van der Waals surface area contributed by atoms with E-state index in [1.54, 1.807) is 18.1 Å². The van der Waals surface area contributed by atoms with Gasteiger partial charge in [-0.25, -0.2) is 17.7 Å². The highest BCUT2D eigenvalue weighted by Crippen LogP contribution is 2.41. The van der Waals surface area contributed by atoms with Crippen LogP contribution >= 0.6 is 23.2 Å². The Kier molecular flexibility index (Phi) is 8.08. The molecule has 0 spiro atoms. The number of amides is 1. The van der Waals surface area contributed by atoms with Crippen LogP contribution in [0.5, 0.6) is 0 Å². The van der Waals surface area contributed by atoms with Crippen LogP contribution in [0.2, 0.25) is 10.0 Å². The number of hydrogen-bond acceptors (Lipinski definition) is 5. The third kappa shape index (κ3) is 6.00. The zero-order valence-electron chi connectivity index (χ0n) is 20.2. The lowest BCUT2D eigenvalue weighted by Gasteiger charge is -2.44. The SMILES string of the molecule is CN(C1CCN(CC[C@]2(c3ccc(Cl)c(Cl)c3)CCC(=O)N(c3ccccn3)C2)CC1)S(C)(=O)=O. The van der Waals surface area contributed by atoms with E-state index in [4.69, 9.17) is 23.2 Å². The first-order valence-electron chi connectivity index (χ1n) is 11.9. The highest BCUT2D eigenvalue weighted by Gasteiger charge is 2.41. The molecule has 1 atom stereocenters. The van der Waals surface area contributed by atoms with Gasteiger partial charge >= 0.3 is 0 Å². The number of sulfonamides is 1. The second kappa shape index (κ2) is 10.7. The summed E-state index contributed by atoms with van der Waals surface area (Å²) in [6, 6.07) is 11.4. The lowest BCUT2D eigenvalue weighted by molar-refractivity contribution is -0.120. The number of piperidine rings is 2. The predicted octanol–water partition coefficient (Wildman–Crippen LogP) is 4.20. The highest BCUT2D eigenvalue weighted by molar-refractivity contribution is 7.88. The Bertz CT molecular complexity index is 1160. The lowest BCUT2D eigenvalue weighted by Crippen LogP contribution is -2.51. The number of nitrogens with zero attached hydrogens (tertiary/aromatic N) is 4. The largest absolute Gasteiger partial charge is 0.303 e. The van der Waals surface area contributed by atoms with Gasteiger partial charge in [-0.1, -0.05) is 35.3 Å². The van der Waals surface area contributed by atoms with Gasteiger partial charge in [-0.15, -0.1) is 0 Å². The molecule has 2 aromatic rings. The Morgan fingerprint density at radius 1 is 1.14 bits per heavy atom. The van der Waals surface area contributed by atoms with Gasteiger partial charge in [0.2, 0.25) is 15.9 Å². The zero-order valence-corrected chi connectivity index (χ0v) is 22.5. The number of rotatable bonds is 7. The third-order valence-corrected chi connectivity index (χ3v) is 9.62. The molecule has 0 N–H and O–H groups in total. The van der Waals surface area contributed by atoms with Crippen LogP contribution in [0, 0.1) is 0 Å². The average molecular weight is 540 g/mol. The number of aromatic nitrogens is 1. The summed E-state index contributed by atoms with van der Waals surface area (Å²) in [6.07, 6.45) is 6.57. The van der Waals surface area contributed by atoms with Crippen molar-refractivity contribution in [1.82, 2.24) is 14.2 Å². The van der Waals surface area contributed by atoms with Crippen molar-refractivity contribution in [2.24, 2.45) is 0 Å². The van der Waals surface area contributed by atoms with E-state index in [0.29, 0.717) is 28.8 Å². The summed E-state index contributed by atoms with van der Waals surface area (Å²) in [7, 11) is -1.53. The first kappa shape index (κ1) is 26.4. The number of hydrogen-bond donors (Lipinski definition) is 0. The fraction of sp³-hybridized carbons (Fsp3) is 0.520. The molecule has 10 heteroatoms. The van der Waals surface area contributed by atoms with Crippen molar-refractivity contribution < 1.29 is 13.2 Å². The van der Waals surface area contributed by atoms with Crippen LogP contribution in [0.3, 0.4) is 0 Å². The van der Waals surface area contributed by atoms with E-state index in [0.717, 1.165) is 50.9 Å². The van der Waals surface area contributed by atoms with E-state index in [2.05, 4.69) is 9.88 Å². The fourth-order valence-corrected chi connectivity index (χ4v) is 6.28.